The Morgan fingerprint density at radius 1 is 1.00 bits per heavy atom. The predicted octanol–water partition coefficient (Wildman–Crippen LogP) is 3.21. The summed E-state index contributed by atoms with van der Waals surface area (Å²) in [6.45, 7) is 4.36. The average Bonchev–Trinajstić information content (AvgIpc) is 2.93. The normalized spacial score (nSPS) is 13.9. The monoisotopic (exact) mass is 381 g/mol. The van der Waals surface area contributed by atoms with Gasteiger partial charge in [0.15, 0.2) is 0 Å². The van der Waals surface area contributed by atoms with Crippen molar-refractivity contribution in [3.05, 3.63) is 69.9 Å². The first-order valence-corrected chi connectivity index (χ1v) is 8.81. The van der Waals surface area contributed by atoms with E-state index in [0.717, 1.165) is 4.90 Å². The van der Waals surface area contributed by atoms with Crippen LogP contribution >= 0.6 is 0 Å². The molecule has 8 nitrogen and oxygen atoms in total. The minimum absolute atomic E-state index is 0.0884. The molecule has 2 aromatic rings. The van der Waals surface area contributed by atoms with Gasteiger partial charge in [0, 0.05) is 24.4 Å². The SMILES string of the molecule is CCOc1ccc(NC2=C(c3ccc([N+](=O)[O-])cc3)C(=O)N(CC)C2=O)cc1. The molecule has 0 radical (unpaired) electrons. The molecule has 0 saturated heterocycles. The lowest BCUT2D eigenvalue weighted by Crippen LogP contribution is -2.32. The van der Waals surface area contributed by atoms with Crippen molar-refractivity contribution >= 4 is 28.8 Å². The molecule has 0 atom stereocenters. The molecule has 1 aliphatic heterocycles. The van der Waals surface area contributed by atoms with Crippen LogP contribution in [0.15, 0.2) is 54.2 Å². The van der Waals surface area contributed by atoms with Gasteiger partial charge in [0.2, 0.25) is 0 Å². The largest absolute Gasteiger partial charge is 0.494 e. The van der Waals surface area contributed by atoms with Gasteiger partial charge in [-0.2, -0.15) is 0 Å². The number of nitrogens with zero attached hydrogens (tertiary/aromatic N) is 2. The fourth-order valence-corrected chi connectivity index (χ4v) is 2.94. The highest BCUT2D eigenvalue weighted by Gasteiger charge is 2.38. The topological polar surface area (TPSA) is 102 Å². The highest BCUT2D eigenvalue weighted by molar-refractivity contribution is 6.36. The van der Waals surface area contributed by atoms with E-state index in [9.17, 15) is 19.7 Å². The van der Waals surface area contributed by atoms with E-state index in [0.29, 0.717) is 23.6 Å². The molecule has 1 aliphatic rings. The molecule has 0 unspecified atom stereocenters. The van der Waals surface area contributed by atoms with E-state index in [-0.39, 0.29) is 23.5 Å². The third-order valence-electron chi connectivity index (χ3n) is 4.29. The predicted molar refractivity (Wildman–Crippen MR) is 104 cm³/mol. The van der Waals surface area contributed by atoms with Crippen LogP contribution in [-0.4, -0.2) is 34.8 Å². The second-order valence-electron chi connectivity index (χ2n) is 5.99. The lowest BCUT2D eigenvalue weighted by atomic mass is 10.0. The number of hydrogen-bond acceptors (Lipinski definition) is 6. The van der Waals surface area contributed by atoms with Gasteiger partial charge in [-0.25, -0.2) is 0 Å². The van der Waals surface area contributed by atoms with Crippen LogP contribution in [0.1, 0.15) is 19.4 Å². The van der Waals surface area contributed by atoms with Crippen molar-refractivity contribution in [2.24, 2.45) is 0 Å². The van der Waals surface area contributed by atoms with Crippen molar-refractivity contribution in [1.82, 2.24) is 4.90 Å². The lowest BCUT2D eigenvalue weighted by Gasteiger charge is -2.12. The number of nitrogens with one attached hydrogen (secondary N) is 1. The lowest BCUT2D eigenvalue weighted by molar-refractivity contribution is -0.384. The Balaban J connectivity index is 1.99. The van der Waals surface area contributed by atoms with Gasteiger partial charge in [-0.1, -0.05) is 0 Å². The zero-order valence-electron chi connectivity index (χ0n) is 15.5. The van der Waals surface area contributed by atoms with Gasteiger partial charge < -0.3 is 10.1 Å². The van der Waals surface area contributed by atoms with Crippen molar-refractivity contribution in [2.45, 2.75) is 13.8 Å². The molecule has 0 aromatic heterocycles. The highest BCUT2D eigenvalue weighted by Crippen LogP contribution is 2.31. The van der Waals surface area contributed by atoms with Gasteiger partial charge in [0.25, 0.3) is 17.5 Å². The smallest absolute Gasteiger partial charge is 0.278 e. The molecule has 3 rings (SSSR count). The van der Waals surface area contributed by atoms with Gasteiger partial charge in [0.1, 0.15) is 11.4 Å². The summed E-state index contributed by atoms with van der Waals surface area (Å²) in [4.78, 5) is 37.0. The van der Waals surface area contributed by atoms with Crippen LogP contribution in [0.5, 0.6) is 5.75 Å². The quantitative estimate of drug-likeness (QED) is 0.449. The maximum Gasteiger partial charge on any atom is 0.278 e. The summed E-state index contributed by atoms with van der Waals surface area (Å²) in [5, 5.41) is 13.9. The first-order valence-electron chi connectivity index (χ1n) is 8.81. The van der Waals surface area contributed by atoms with Crippen molar-refractivity contribution in [3.63, 3.8) is 0 Å². The number of likely N-dealkylation sites (N-methyl/N-ethyl adjacent to an activating group) is 1. The number of nitro benzene ring substituents is 1. The zero-order valence-corrected chi connectivity index (χ0v) is 15.5. The third kappa shape index (κ3) is 3.57. The molecule has 0 spiro atoms. The molecule has 0 fully saturated rings. The standard InChI is InChI=1S/C20H19N3O5/c1-3-22-19(24)17(13-5-9-15(10-6-13)23(26)27)18(20(22)25)21-14-7-11-16(12-8-14)28-4-2/h5-12,21H,3-4H2,1-2H3. The Morgan fingerprint density at radius 3 is 2.18 bits per heavy atom. The average molecular weight is 381 g/mol. The zero-order chi connectivity index (χ0) is 20.3. The summed E-state index contributed by atoms with van der Waals surface area (Å²) in [6, 6.07) is 12.6. The van der Waals surface area contributed by atoms with Gasteiger partial charge >= 0.3 is 0 Å². The van der Waals surface area contributed by atoms with Crippen molar-refractivity contribution in [1.29, 1.82) is 0 Å². The molecule has 8 heteroatoms. The molecule has 0 saturated carbocycles. The fraction of sp³-hybridized carbons (Fsp3) is 0.200. The summed E-state index contributed by atoms with van der Waals surface area (Å²) in [7, 11) is 0. The molecule has 2 aromatic carbocycles. The Morgan fingerprint density at radius 2 is 1.64 bits per heavy atom. The Bertz CT molecular complexity index is 949. The number of hydrogen-bond donors (Lipinski definition) is 1. The molecule has 1 N–H and O–H groups in total. The summed E-state index contributed by atoms with van der Waals surface area (Å²) in [5.41, 5.74) is 1.31. The number of non-ortho nitro benzene ring substituents is 1. The molecule has 0 bridgehead atoms. The van der Waals surface area contributed by atoms with Crippen LogP contribution in [0.3, 0.4) is 0 Å². The van der Waals surface area contributed by atoms with Crippen LogP contribution < -0.4 is 10.1 Å². The van der Waals surface area contributed by atoms with E-state index in [1.54, 1.807) is 31.2 Å². The number of amides is 2. The third-order valence-corrected chi connectivity index (χ3v) is 4.29. The number of rotatable bonds is 7. The van der Waals surface area contributed by atoms with Gasteiger partial charge in [0.05, 0.1) is 17.1 Å². The first-order chi connectivity index (χ1) is 13.5. The van der Waals surface area contributed by atoms with Crippen molar-refractivity contribution in [3.8, 4) is 5.75 Å². The summed E-state index contributed by atoms with van der Waals surface area (Å²) >= 11 is 0. The number of carbonyl (C=O) groups is 2. The number of ether oxygens (including phenoxy) is 1. The Hall–Kier alpha value is -3.68. The number of imide groups is 1. The summed E-state index contributed by atoms with van der Waals surface area (Å²) in [6.07, 6.45) is 0. The number of benzene rings is 2. The highest BCUT2D eigenvalue weighted by atomic mass is 16.6. The molecular weight excluding hydrogens is 362 g/mol. The number of anilines is 1. The minimum atomic E-state index is -0.517. The number of nitro groups is 1. The van der Waals surface area contributed by atoms with Crippen LogP contribution in [0.2, 0.25) is 0 Å². The van der Waals surface area contributed by atoms with Gasteiger partial charge in [-0.3, -0.25) is 24.6 Å². The maximum absolute atomic E-state index is 12.8. The van der Waals surface area contributed by atoms with Gasteiger partial charge in [-0.15, -0.1) is 0 Å². The Kier molecular flexibility index (Phi) is 5.39. The molecule has 28 heavy (non-hydrogen) atoms. The van der Waals surface area contributed by atoms with Crippen molar-refractivity contribution < 1.29 is 19.2 Å². The second kappa shape index (κ2) is 7.91. The van der Waals surface area contributed by atoms with Gasteiger partial charge in [-0.05, 0) is 55.8 Å². The van der Waals surface area contributed by atoms with E-state index in [4.69, 9.17) is 4.74 Å². The maximum atomic E-state index is 12.8. The van der Waals surface area contributed by atoms with E-state index in [1.807, 2.05) is 6.92 Å². The van der Waals surface area contributed by atoms with Crippen molar-refractivity contribution in [2.75, 3.05) is 18.5 Å². The number of carbonyl (C=O) groups excluding carboxylic acids is 2. The van der Waals surface area contributed by atoms with E-state index >= 15 is 0 Å². The molecule has 1 heterocycles. The molecule has 2 amide bonds. The van der Waals surface area contributed by atoms with E-state index in [2.05, 4.69) is 5.32 Å². The van der Waals surface area contributed by atoms with E-state index < -0.39 is 16.7 Å². The fourth-order valence-electron chi connectivity index (χ4n) is 2.94. The molecule has 0 aliphatic carbocycles. The van der Waals surface area contributed by atoms with Crippen LogP contribution in [0.25, 0.3) is 5.57 Å². The minimum Gasteiger partial charge on any atom is -0.494 e. The molecular formula is C20H19N3O5. The van der Waals surface area contributed by atoms with E-state index in [1.165, 1.54) is 24.3 Å². The summed E-state index contributed by atoms with van der Waals surface area (Å²) < 4.78 is 5.40. The second-order valence-corrected chi connectivity index (χ2v) is 5.99. The van der Waals surface area contributed by atoms with Crippen LogP contribution in [0, 0.1) is 10.1 Å². The van der Waals surface area contributed by atoms with Crippen LogP contribution in [0.4, 0.5) is 11.4 Å². The molecule has 144 valence electrons. The van der Waals surface area contributed by atoms with Crippen LogP contribution in [-0.2, 0) is 9.59 Å². The summed E-state index contributed by atoms with van der Waals surface area (Å²) in [5.74, 6) is -0.175. The Labute approximate surface area is 161 Å². The first kappa shape index (κ1) is 19.1.